The number of carbonyl (C=O) groups excluding carboxylic acids is 1. The molecule has 0 aliphatic rings. The van der Waals surface area contributed by atoms with Crippen molar-refractivity contribution in [2.75, 3.05) is 5.32 Å². The number of nitrogens with zero attached hydrogens (tertiary/aromatic N) is 1. The number of pyridine rings is 1. The van der Waals surface area contributed by atoms with E-state index in [9.17, 15) is 9.18 Å². The lowest BCUT2D eigenvalue weighted by Gasteiger charge is -2.04. The van der Waals surface area contributed by atoms with Crippen LogP contribution in [0.1, 0.15) is 16.1 Å². The Morgan fingerprint density at radius 1 is 1.30 bits per heavy atom. The molecule has 3 rings (SSSR count). The number of hydrogen-bond donors (Lipinski definition) is 1. The fourth-order valence-electron chi connectivity index (χ4n) is 1.84. The van der Waals surface area contributed by atoms with Crippen molar-refractivity contribution in [2.45, 2.75) is 6.92 Å². The van der Waals surface area contributed by atoms with Gasteiger partial charge in [0.1, 0.15) is 11.3 Å². The van der Waals surface area contributed by atoms with Gasteiger partial charge in [-0.3, -0.25) is 9.78 Å². The third kappa shape index (κ3) is 2.25. The molecule has 0 atom stereocenters. The number of aromatic nitrogens is 1. The van der Waals surface area contributed by atoms with E-state index in [1.807, 2.05) is 0 Å². The second-order valence-corrected chi connectivity index (χ2v) is 4.42. The summed E-state index contributed by atoms with van der Waals surface area (Å²) in [6, 6.07) is 9.51. The van der Waals surface area contributed by atoms with E-state index in [0.717, 1.165) is 0 Å². The van der Waals surface area contributed by atoms with Crippen LogP contribution in [0.25, 0.3) is 11.1 Å². The van der Waals surface area contributed by atoms with Gasteiger partial charge in [0.15, 0.2) is 11.3 Å². The molecule has 0 bridgehead atoms. The molecule has 0 unspecified atom stereocenters. The van der Waals surface area contributed by atoms with Crippen LogP contribution in [0.5, 0.6) is 0 Å². The van der Waals surface area contributed by atoms with Gasteiger partial charge in [0.25, 0.3) is 5.91 Å². The SMILES string of the molecule is Cc1ccc(NC(=O)c2cc3ncccc3o2)cc1F. The van der Waals surface area contributed by atoms with Gasteiger partial charge >= 0.3 is 0 Å². The third-order valence-electron chi connectivity index (χ3n) is 2.94. The quantitative estimate of drug-likeness (QED) is 0.775. The lowest BCUT2D eigenvalue weighted by Crippen LogP contribution is -2.11. The van der Waals surface area contributed by atoms with Gasteiger partial charge in [-0.25, -0.2) is 4.39 Å². The Morgan fingerprint density at radius 2 is 2.15 bits per heavy atom. The van der Waals surface area contributed by atoms with Crippen LogP contribution < -0.4 is 5.32 Å². The van der Waals surface area contributed by atoms with Crippen molar-refractivity contribution >= 4 is 22.7 Å². The number of fused-ring (bicyclic) bond motifs is 1. The molecule has 0 saturated heterocycles. The molecule has 0 spiro atoms. The molecule has 100 valence electrons. The Kier molecular flexibility index (Phi) is 2.95. The summed E-state index contributed by atoms with van der Waals surface area (Å²) in [4.78, 5) is 16.1. The van der Waals surface area contributed by atoms with E-state index in [0.29, 0.717) is 22.4 Å². The summed E-state index contributed by atoms with van der Waals surface area (Å²) in [7, 11) is 0. The zero-order valence-corrected chi connectivity index (χ0v) is 10.7. The Bertz CT molecular complexity index is 762. The summed E-state index contributed by atoms with van der Waals surface area (Å²) in [6.07, 6.45) is 1.62. The molecule has 0 saturated carbocycles. The number of carbonyl (C=O) groups is 1. The van der Waals surface area contributed by atoms with Crippen LogP contribution in [0.15, 0.2) is 47.0 Å². The normalized spacial score (nSPS) is 10.7. The molecule has 1 amide bonds. The van der Waals surface area contributed by atoms with Crippen molar-refractivity contribution < 1.29 is 13.6 Å². The van der Waals surface area contributed by atoms with Gasteiger partial charge < -0.3 is 9.73 Å². The van der Waals surface area contributed by atoms with Gasteiger partial charge in [-0.15, -0.1) is 0 Å². The number of anilines is 1. The van der Waals surface area contributed by atoms with Crippen LogP contribution in [0.4, 0.5) is 10.1 Å². The Hall–Kier alpha value is -2.69. The Balaban J connectivity index is 1.86. The molecule has 4 nitrogen and oxygen atoms in total. The summed E-state index contributed by atoms with van der Waals surface area (Å²) in [6.45, 7) is 1.66. The van der Waals surface area contributed by atoms with E-state index < -0.39 is 5.91 Å². The number of rotatable bonds is 2. The Labute approximate surface area is 114 Å². The van der Waals surface area contributed by atoms with Crippen LogP contribution in [-0.4, -0.2) is 10.9 Å². The molecule has 5 heteroatoms. The van der Waals surface area contributed by atoms with Gasteiger partial charge in [0, 0.05) is 18.0 Å². The van der Waals surface area contributed by atoms with Crippen molar-refractivity contribution in [1.82, 2.24) is 4.98 Å². The van der Waals surface area contributed by atoms with Crippen molar-refractivity contribution in [1.29, 1.82) is 0 Å². The minimum atomic E-state index is -0.439. The molecule has 2 aromatic heterocycles. The van der Waals surface area contributed by atoms with Gasteiger partial charge in [0.2, 0.25) is 0 Å². The fraction of sp³-hybridized carbons (Fsp3) is 0.0667. The van der Waals surface area contributed by atoms with Crippen molar-refractivity contribution in [3.8, 4) is 0 Å². The molecule has 0 aliphatic heterocycles. The molecule has 1 aromatic carbocycles. The summed E-state index contributed by atoms with van der Waals surface area (Å²) in [5, 5.41) is 2.59. The minimum Gasteiger partial charge on any atom is -0.449 e. The van der Waals surface area contributed by atoms with Crippen LogP contribution in [0, 0.1) is 12.7 Å². The molecule has 0 aliphatic carbocycles. The van der Waals surface area contributed by atoms with E-state index in [-0.39, 0.29) is 11.6 Å². The minimum absolute atomic E-state index is 0.139. The Morgan fingerprint density at radius 3 is 2.90 bits per heavy atom. The monoisotopic (exact) mass is 270 g/mol. The summed E-state index contributed by atoms with van der Waals surface area (Å²) < 4.78 is 18.8. The number of furan rings is 1. The first kappa shape index (κ1) is 12.3. The molecule has 20 heavy (non-hydrogen) atoms. The van der Waals surface area contributed by atoms with Crippen LogP contribution >= 0.6 is 0 Å². The first-order valence-electron chi connectivity index (χ1n) is 6.05. The van der Waals surface area contributed by atoms with Gasteiger partial charge in [-0.1, -0.05) is 6.07 Å². The molecule has 1 N–H and O–H groups in total. The summed E-state index contributed by atoms with van der Waals surface area (Å²) in [5.74, 6) is -0.667. The lowest BCUT2D eigenvalue weighted by molar-refractivity contribution is 0.0998. The topological polar surface area (TPSA) is 55.1 Å². The maximum absolute atomic E-state index is 13.4. The van der Waals surface area contributed by atoms with Crippen molar-refractivity contribution in [3.05, 3.63) is 59.7 Å². The summed E-state index contributed by atoms with van der Waals surface area (Å²) in [5.41, 5.74) is 2.04. The molecular formula is C15H11FN2O2. The second kappa shape index (κ2) is 4.77. The molecule has 0 fully saturated rings. The van der Waals surface area contributed by atoms with Crippen molar-refractivity contribution in [2.24, 2.45) is 0 Å². The number of aryl methyl sites for hydroxylation is 1. The molecule has 3 aromatic rings. The van der Waals surface area contributed by atoms with Crippen LogP contribution in [0.2, 0.25) is 0 Å². The van der Waals surface area contributed by atoms with E-state index in [1.165, 1.54) is 6.07 Å². The highest BCUT2D eigenvalue weighted by atomic mass is 19.1. The smallest absolute Gasteiger partial charge is 0.291 e. The third-order valence-corrected chi connectivity index (χ3v) is 2.94. The zero-order chi connectivity index (χ0) is 14.1. The number of amides is 1. The van der Waals surface area contributed by atoms with Crippen LogP contribution in [-0.2, 0) is 0 Å². The summed E-state index contributed by atoms with van der Waals surface area (Å²) >= 11 is 0. The predicted molar refractivity (Wildman–Crippen MR) is 73.1 cm³/mol. The highest BCUT2D eigenvalue weighted by molar-refractivity contribution is 6.04. The average Bonchev–Trinajstić information content (AvgIpc) is 2.87. The predicted octanol–water partition coefficient (Wildman–Crippen LogP) is 3.53. The largest absolute Gasteiger partial charge is 0.449 e. The second-order valence-electron chi connectivity index (χ2n) is 4.42. The fourth-order valence-corrected chi connectivity index (χ4v) is 1.84. The van der Waals surface area contributed by atoms with Crippen molar-refractivity contribution in [3.63, 3.8) is 0 Å². The standard InChI is InChI=1S/C15H11FN2O2/c1-9-4-5-10(7-11(9)16)18-15(19)14-8-12-13(20-14)3-2-6-17-12/h2-8H,1H3,(H,18,19). The van der Waals surface area contributed by atoms with E-state index in [4.69, 9.17) is 4.42 Å². The van der Waals surface area contributed by atoms with Gasteiger partial charge in [-0.2, -0.15) is 0 Å². The number of benzene rings is 1. The van der Waals surface area contributed by atoms with E-state index >= 15 is 0 Å². The highest BCUT2D eigenvalue weighted by Gasteiger charge is 2.13. The lowest BCUT2D eigenvalue weighted by atomic mass is 10.2. The molecular weight excluding hydrogens is 259 g/mol. The first-order chi connectivity index (χ1) is 9.63. The zero-order valence-electron chi connectivity index (χ0n) is 10.7. The highest BCUT2D eigenvalue weighted by Crippen LogP contribution is 2.19. The maximum Gasteiger partial charge on any atom is 0.291 e. The van der Waals surface area contributed by atoms with Crippen LogP contribution in [0.3, 0.4) is 0 Å². The molecule has 0 radical (unpaired) electrons. The number of nitrogens with one attached hydrogen (secondary N) is 1. The molecule has 2 heterocycles. The van der Waals surface area contributed by atoms with Gasteiger partial charge in [0.05, 0.1) is 0 Å². The average molecular weight is 270 g/mol. The number of halogens is 1. The van der Waals surface area contributed by atoms with Gasteiger partial charge in [-0.05, 0) is 36.8 Å². The maximum atomic E-state index is 13.4. The first-order valence-corrected chi connectivity index (χ1v) is 6.05. The van der Waals surface area contributed by atoms with E-state index in [2.05, 4.69) is 10.3 Å². The van der Waals surface area contributed by atoms with E-state index in [1.54, 1.807) is 43.5 Å². The number of hydrogen-bond acceptors (Lipinski definition) is 3.